The van der Waals surface area contributed by atoms with Crippen LogP contribution in [0.2, 0.25) is 0 Å². The fraction of sp³-hybridized carbons (Fsp3) is 0.581. The minimum atomic E-state index is -4.98. The Balaban J connectivity index is 1.77. The van der Waals surface area contributed by atoms with Gasteiger partial charge < -0.3 is 19.7 Å². The van der Waals surface area contributed by atoms with E-state index in [2.05, 4.69) is 0 Å². The molecule has 0 bridgehead atoms. The minimum Gasteiger partial charge on any atom is -0.480 e. The predicted molar refractivity (Wildman–Crippen MR) is 164 cm³/mol. The van der Waals surface area contributed by atoms with E-state index < -0.39 is 69.0 Å². The summed E-state index contributed by atoms with van der Waals surface area (Å²) in [5.41, 5.74) is -3.65. The fourth-order valence-electron chi connectivity index (χ4n) is 5.87. The van der Waals surface area contributed by atoms with Gasteiger partial charge in [-0.3, -0.25) is 4.79 Å². The van der Waals surface area contributed by atoms with Crippen LogP contribution in [0.5, 0.6) is 0 Å². The lowest BCUT2D eigenvalue weighted by Crippen LogP contribution is -2.45. The van der Waals surface area contributed by atoms with E-state index in [0.29, 0.717) is 11.1 Å². The number of hydrogen-bond acceptors (Lipinski definition) is 7. The standard InChI is InChI=1S/C31H36Cl2F3NO7S/c1-27(2,3)43-25(40)37(26(41)44-28(4,5)6)22-10-7-16-11-17(8-9-21(16)22)29(42)15-30(31(34,35)36,45-23(29)24(38)39)18-12-19(32)14-20(33)13-18/h8-9,11-13,19,22-23,42H,7,10,14-15H2,1-6H3,(H,38,39). The lowest BCUT2D eigenvalue weighted by molar-refractivity contribution is -0.161. The van der Waals surface area contributed by atoms with E-state index in [1.165, 1.54) is 24.3 Å². The van der Waals surface area contributed by atoms with Crippen LogP contribution in [-0.4, -0.2) is 66.0 Å². The Kier molecular flexibility index (Phi) is 9.45. The molecule has 2 N–H and O–H groups in total. The number of aliphatic hydroxyl groups is 1. The molecule has 1 heterocycles. The van der Waals surface area contributed by atoms with Crippen LogP contribution in [0.1, 0.15) is 83.5 Å². The highest BCUT2D eigenvalue weighted by Gasteiger charge is 2.70. The lowest BCUT2D eigenvalue weighted by Gasteiger charge is -2.35. The Morgan fingerprint density at radius 3 is 2.11 bits per heavy atom. The molecular formula is C31H36Cl2F3NO7S. The summed E-state index contributed by atoms with van der Waals surface area (Å²) < 4.78 is 52.9. The van der Waals surface area contributed by atoms with Crippen molar-refractivity contribution in [2.75, 3.05) is 0 Å². The highest BCUT2D eigenvalue weighted by atomic mass is 35.5. The smallest absolute Gasteiger partial charge is 0.420 e. The summed E-state index contributed by atoms with van der Waals surface area (Å²) in [4.78, 5) is 39.8. The Labute approximate surface area is 273 Å². The summed E-state index contributed by atoms with van der Waals surface area (Å²) >= 11 is 12.4. The highest BCUT2D eigenvalue weighted by Crippen LogP contribution is 2.64. The van der Waals surface area contributed by atoms with Crippen molar-refractivity contribution in [3.05, 3.63) is 57.6 Å². The first-order valence-electron chi connectivity index (χ1n) is 14.3. The first kappa shape index (κ1) is 35.4. The van der Waals surface area contributed by atoms with Gasteiger partial charge in [0.2, 0.25) is 0 Å². The van der Waals surface area contributed by atoms with Gasteiger partial charge in [-0.2, -0.15) is 13.2 Å². The van der Waals surface area contributed by atoms with Crippen LogP contribution in [0.25, 0.3) is 0 Å². The number of carboxylic acids is 1. The van der Waals surface area contributed by atoms with Crippen molar-refractivity contribution in [1.82, 2.24) is 4.90 Å². The van der Waals surface area contributed by atoms with Crippen molar-refractivity contribution in [3.8, 4) is 0 Å². The maximum Gasteiger partial charge on any atom is 0.420 e. The van der Waals surface area contributed by atoms with E-state index in [-0.39, 0.29) is 47.2 Å². The van der Waals surface area contributed by atoms with Gasteiger partial charge >= 0.3 is 24.3 Å². The Bertz CT molecular complexity index is 1420. The number of carbonyl (C=O) groups is 3. The molecule has 5 unspecified atom stereocenters. The number of amides is 2. The number of nitrogens with zero attached hydrogens (tertiary/aromatic N) is 1. The number of carbonyl (C=O) groups excluding carboxylic acids is 2. The third kappa shape index (κ3) is 7.13. The first-order valence-corrected chi connectivity index (χ1v) is 16.0. The van der Waals surface area contributed by atoms with Crippen LogP contribution in [0, 0.1) is 0 Å². The fourth-order valence-corrected chi connectivity index (χ4v) is 8.15. The first-order chi connectivity index (χ1) is 20.5. The molecular weight excluding hydrogens is 658 g/mol. The van der Waals surface area contributed by atoms with Gasteiger partial charge in [-0.25, -0.2) is 14.5 Å². The number of imide groups is 1. The van der Waals surface area contributed by atoms with Crippen LogP contribution in [0.4, 0.5) is 22.8 Å². The molecule has 45 heavy (non-hydrogen) atoms. The summed E-state index contributed by atoms with van der Waals surface area (Å²) in [6.07, 6.45) is -4.88. The molecule has 0 spiro atoms. The molecule has 0 aromatic heterocycles. The van der Waals surface area contributed by atoms with Gasteiger partial charge in [0.25, 0.3) is 0 Å². The minimum absolute atomic E-state index is 0.0390. The number of allylic oxidation sites excluding steroid dienone is 3. The molecule has 1 aliphatic heterocycles. The molecule has 8 nitrogen and oxygen atoms in total. The van der Waals surface area contributed by atoms with Crippen LogP contribution >= 0.6 is 35.0 Å². The number of hydrogen-bond donors (Lipinski definition) is 2. The van der Waals surface area contributed by atoms with E-state index >= 15 is 0 Å². The van der Waals surface area contributed by atoms with Crippen LogP contribution in [-0.2, 0) is 26.3 Å². The largest absolute Gasteiger partial charge is 0.480 e. The predicted octanol–water partition coefficient (Wildman–Crippen LogP) is 7.99. The van der Waals surface area contributed by atoms with E-state index in [1.807, 2.05) is 0 Å². The van der Waals surface area contributed by atoms with E-state index in [4.69, 9.17) is 32.7 Å². The number of fused-ring (bicyclic) bond motifs is 1. The second-order valence-electron chi connectivity index (χ2n) is 13.5. The summed E-state index contributed by atoms with van der Waals surface area (Å²) in [7, 11) is 0. The van der Waals surface area contributed by atoms with Crippen molar-refractivity contribution < 1.29 is 47.2 Å². The number of alkyl halides is 4. The molecule has 1 aromatic rings. The number of thioether (sulfide) groups is 1. The number of halogens is 5. The second kappa shape index (κ2) is 12.0. The number of aliphatic carboxylic acids is 1. The Morgan fingerprint density at radius 1 is 1.04 bits per heavy atom. The zero-order chi connectivity index (χ0) is 33.9. The van der Waals surface area contributed by atoms with Gasteiger partial charge in [-0.05, 0) is 82.7 Å². The monoisotopic (exact) mass is 693 g/mol. The second-order valence-corrected chi connectivity index (χ2v) is 15.9. The van der Waals surface area contributed by atoms with Gasteiger partial charge in [0.05, 0.1) is 11.4 Å². The number of benzene rings is 1. The third-order valence-electron chi connectivity index (χ3n) is 7.66. The van der Waals surface area contributed by atoms with Crippen LogP contribution < -0.4 is 0 Å². The van der Waals surface area contributed by atoms with Crippen molar-refractivity contribution >= 4 is 53.1 Å². The Hall–Kier alpha value is -2.41. The molecule has 2 amide bonds. The molecule has 1 aromatic carbocycles. The molecule has 5 atom stereocenters. The maximum absolute atomic E-state index is 14.9. The zero-order valence-corrected chi connectivity index (χ0v) is 28.0. The van der Waals surface area contributed by atoms with Crippen molar-refractivity contribution in [1.29, 1.82) is 0 Å². The normalized spacial score (nSPS) is 28.6. The van der Waals surface area contributed by atoms with Crippen LogP contribution in [0.3, 0.4) is 0 Å². The summed E-state index contributed by atoms with van der Waals surface area (Å²) in [5, 5.41) is 19.3. The highest BCUT2D eigenvalue weighted by molar-refractivity contribution is 8.02. The average Bonchev–Trinajstić information content (AvgIpc) is 3.41. The molecule has 0 saturated carbocycles. The third-order valence-corrected chi connectivity index (χ3v) is 10.0. The van der Waals surface area contributed by atoms with Gasteiger partial charge in [-0.1, -0.05) is 35.9 Å². The maximum atomic E-state index is 14.9. The zero-order valence-electron chi connectivity index (χ0n) is 25.6. The van der Waals surface area contributed by atoms with Crippen LogP contribution in [0.15, 0.2) is 41.0 Å². The molecule has 14 heteroatoms. The van der Waals surface area contributed by atoms with E-state index in [1.54, 1.807) is 41.5 Å². The molecule has 0 radical (unpaired) electrons. The van der Waals surface area contributed by atoms with Crippen molar-refractivity contribution in [2.24, 2.45) is 0 Å². The van der Waals surface area contributed by atoms with Gasteiger partial charge in [0, 0.05) is 17.9 Å². The number of rotatable bonds is 4. The van der Waals surface area contributed by atoms with E-state index in [0.717, 1.165) is 11.0 Å². The summed E-state index contributed by atoms with van der Waals surface area (Å²) in [5.74, 6) is -1.62. The quantitative estimate of drug-likeness (QED) is 0.305. The SMILES string of the molecule is CC(C)(C)OC(=O)N(C(=O)OC(C)(C)C)C1CCc2cc(C3(O)CC(C4=CC(Cl)CC(Cl)=C4)(C(F)(F)F)SC3C(=O)O)ccc21. The van der Waals surface area contributed by atoms with Gasteiger partial charge in [0.1, 0.15) is 26.8 Å². The molecule has 248 valence electrons. The average molecular weight is 695 g/mol. The molecule has 4 rings (SSSR count). The van der Waals surface area contributed by atoms with Gasteiger partial charge in [0.15, 0.2) is 0 Å². The summed E-state index contributed by atoms with van der Waals surface area (Å²) in [6.45, 7) is 9.88. The number of ether oxygens (including phenoxy) is 2. The number of aryl methyl sites for hydroxylation is 1. The summed E-state index contributed by atoms with van der Waals surface area (Å²) in [6, 6.07) is 3.44. The molecule has 2 aliphatic carbocycles. The van der Waals surface area contributed by atoms with E-state index in [9.17, 15) is 37.8 Å². The van der Waals surface area contributed by atoms with Crippen molar-refractivity contribution in [2.45, 2.75) is 112 Å². The molecule has 3 aliphatic rings. The van der Waals surface area contributed by atoms with Crippen molar-refractivity contribution in [3.63, 3.8) is 0 Å². The topological polar surface area (TPSA) is 113 Å². The molecule has 1 saturated heterocycles. The Morgan fingerprint density at radius 2 is 1.62 bits per heavy atom. The lowest BCUT2D eigenvalue weighted by atomic mass is 9.77. The number of carboxylic acid groups (broad SMARTS) is 1. The van der Waals surface area contributed by atoms with Gasteiger partial charge in [-0.15, -0.1) is 23.4 Å². The molecule has 1 fully saturated rings.